The molecule has 1 aliphatic rings. The van der Waals surface area contributed by atoms with Gasteiger partial charge in [-0.15, -0.1) is 0 Å². The summed E-state index contributed by atoms with van der Waals surface area (Å²) in [5.41, 5.74) is 2.25. The van der Waals surface area contributed by atoms with Gasteiger partial charge in [0.2, 0.25) is 0 Å². The predicted octanol–water partition coefficient (Wildman–Crippen LogP) is 1.34. The average Bonchev–Trinajstić information content (AvgIpc) is 2.74. The summed E-state index contributed by atoms with van der Waals surface area (Å²) >= 11 is 0. The Hall–Kier alpha value is -1.62. The lowest BCUT2D eigenvalue weighted by atomic mass is 10.1. The predicted molar refractivity (Wildman–Crippen MR) is 69.8 cm³/mol. The normalized spacial score (nSPS) is 22.8. The van der Waals surface area contributed by atoms with E-state index in [1.165, 1.54) is 0 Å². The molecule has 2 unspecified atom stereocenters. The van der Waals surface area contributed by atoms with Crippen molar-refractivity contribution in [3.05, 3.63) is 23.5 Å². The van der Waals surface area contributed by atoms with E-state index >= 15 is 0 Å². The fourth-order valence-electron chi connectivity index (χ4n) is 2.12. The Morgan fingerprint density at radius 1 is 1.56 bits per heavy atom. The Morgan fingerprint density at radius 2 is 2.33 bits per heavy atom. The first kappa shape index (κ1) is 12.8. The number of anilines is 1. The van der Waals surface area contributed by atoms with Gasteiger partial charge in [-0.05, 0) is 26.3 Å². The lowest BCUT2D eigenvalue weighted by Crippen LogP contribution is -2.39. The lowest BCUT2D eigenvalue weighted by Gasteiger charge is -2.17. The van der Waals surface area contributed by atoms with Gasteiger partial charge in [0.25, 0.3) is 5.91 Å². The molecule has 98 valence electrons. The molecule has 1 fully saturated rings. The van der Waals surface area contributed by atoms with Crippen LogP contribution in [-0.4, -0.2) is 36.7 Å². The van der Waals surface area contributed by atoms with Gasteiger partial charge in [0.15, 0.2) is 0 Å². The number of hydrogen-bond acceptors (Lipinski definition) is 4. The van der Waals surface area contributed by atoms with Crippen LogP contribution < -0.4 is 10.6 Å². The molecule has 1 saturated heterocycles. The van der Waals surface area contributed by atoms with E-state index in [2.05, 4.69) is 15.6 Å². The van der Waals surface area contributed by atoms with Crippen LogP contribution >= 0.6 is 0 Å². The van der Waals surface area contributed by atoms with Gasteiger partial charge in [-0.3, -0.25) is 9.78 Å². The Kier molecular flexibility index (Phi) is 3.81. The summed E-state index contributed by atoms with van der Waals surface area (Å²) in [5.74, 6) is -0.103. The van der Waals surface area contributed by atoms with Crippen LogP contribution in [-0.2, 0) is 4.74 Å². The van der Waals surface area contributed by atoms with E-state index in [9.17, 15) is 4.79 Å². The molecule has 0 radical (unpaired) electrons. The highest BCUT2D eigenvalue weighted by Crippen LogP contribution is 2.17. The van der Waals surface area contributed by atoms with E-state index in [0.717, 1.165) is 17.8 Å². The third-order valence-electron chi connectivity index (χ3n) is 3.25. The van der Waals surface area contributed by atoms with Crippen molar-refractivity contribution < 1.29 is 9.53 Å². The van der Waals surface area contributed by atoms with Gasteiger partial charge in [-0.1, -0.05) is 0 Å². The summed E-state index contributed by atoms with van der Waals surface area (Å²) < 4.78 is 5.43. The molecule has 5 heteroatoms. The molecule has 2 heterocycles. The zero-order valence-electron chi connectivity index (χ0n) is 11.0. The van der Waals surface area contributed by atoms with Crippen molar-refractivity contribution in [2.45, 2.75) is 32.4 Å². The van der Waals surface area contributed by atoms with Crippen LogP contribution in [0.2, 0.25) is 0 Å². The quantitative estimate of drug-likeness (QED) is 0.848. The summed E-state index contributed by atoms with van der Waals surface area (Å²) in [4.78, 5) is 16.4. The van der Waals surface area contributed by atoms with Gasteiger partial charge in [-0.25, -0.2) is 0 Å². The van der Waals surface area contributed by atoms with Crippen LogP contribution in [0, 0.1) is 6.92 Å². The highest BCUT2D eigenvalue weighted by Gasteiger charge is 2.26. The van der Waals surface area contributed by atoms with Crippen molar-refractivity contribution in [1.29, 1.82) is 0 Å². The van der Waals surface area contributed by atoms with Crippen molar-refractivity contribution in [2.24, 2.45) is 0 Å². The van der Waals surface area contributed by atoms with Gasteiger partial charge in [0.05, 0.1) is 23.4 Å². The zero-order valence-corrected chi connectivity index (χ0v) is 11.0. The minimum atomic E-state index is -0.103. The van der Waals surface area contributed by atoms with E-state index in [4.69, 9.17) is 4.74 Å². The third-order valence-corrected chi connectivity index (χ3v) is 3.25. The first-order valence-electron chi connectivity index (χ1n) is 6.18. The van der Waals surface area contributed by atoms with Crippen LogP contribution in [0.5, 0.6) is 0 Å². The molecule has 5 nitrogen and oxygen atoms in total. The van der Waals surface area contributed by atoms with Gasteiger partial charge in [-0.2, -0.15) is 0 Å². The molecule has 2 rings (SSSR count). The van der Waals surface area contributed by atoms with E-state index in [0.29, 0.717) is 12.2 Å². The maximum Gasteiger partial charge on any atom is 0.255 e. The number of nitrogens with zero attached hydrogens (tertiary/aromatic N) is 1. The number of nitrogens with one attached hydrogen (secondary N) is 2. The number of rotatable bonds is 3. The Labute approximate surface area is 107 Å². The van der Waals surface area contributed by atoms with E-state index in [1.54, 1.807) is 13.2 Å². The van der Waals surface area contributed by atoms with Crippen molar-refractivity contribution in [3.63, 3.8) is 0 Å². The monoisotopic (exact) mass is 249 g/mol. The molecular weight excluding hydrogens is 230 g/mol. The Bertz CT molecular complexity index is 448. The van der Waals surface area contributed by atoms with Crippen molar-refractivity contribution in [3.8, 4) is 0 Å². The smallest absolute Gasteiger partial charge is 0.255 e. The molecular formula is C13H19N3O2. The fraction of sp³-hybridized carbons (Fsp3) is 0.538. The summed E-state index contributed by atoms with van der Waals surface area (Å²) in [6.45, 7) is 4.58. The highest BCUT2D eigenvalue weighted by atomic mass is 16.5. The molecule has 1 aromatic rings. The van der Waals surface area contributed by atoms with E-state index in [1.807, 2.05) is 19.9 Å². The number of carbonyl (C=O) groups is 1. The molecule has 0 saturated carbocycles. The number of aromatic nitrogens is 1. The minimum absolute atomic E-state index is 0.0744. The van der Waals surface area contributed by atoms with Crippen LogP contribution in [0.1, 0.15) is 29.4 Å². The molecule has 1 aliphatic heterocycles. The molecule has 1 aromatic heterocycles. The van der Waals surface area contributed by atoms with Crippen molar-refractivity contribution in [2.75, 3.05) is 19.0 Å². The fourth-order valence-corrected chi connectivity index (χ4v) is 2.12. The van der Waals surface area contributed by atoms with Gasteiger partial charge in [0, 0.05) is 25.5 Å². The molecule has 1 amide bonds. The highest BCUT2D eigenvalue weighted by molar-refractivity contribution is 5.99. The minimum Gasteiger partial charge on any atom is -0.387 e. The van der Waals surface area contributed by atoms with Crippen LogP contribution in [0.4, 0.5) is 5.69 Å². The van der Waals surface area contributed by atoms with Crippen molar-refractivity contribution >= 4 is 11.6 Å². The lowest BCUT2D eigenvalue weighted by molar-refractivity contribution is 0.0866. The number of ether oxygens (including phenoxy) is 1. The summed E-state index contributed by atoms with van der Waals surface area (Å²) in [6, 6.07) is 1.95. The Morgan fingerprint density at radius 3 is 2.94 bits per heavy atom. The van der Waals surface area contributed by atoms with Crippen LogP contribution in [0.25, 0.3) is 0 Å². The maximum absolute atomic E-state index is 12.2. The number of hydrogen-bond donors (Lipinski definition) is 2. The number of amides is 1. The molecule has 0 spiro atoms. The maximum atomic E-state index is 12.2. The largest absolute Gasteiger partial charge is 0.387 e. The second-order valence-corrected chi connectivity index (χ2v) is 4.57. The topological polar surface area (TPSA) is 63.2 Å². The first-order chi connectivity index (χ1) is 8.61. The second kappa shape index (κ2) is 5.35. The summed E-state index contributed by atoms with van der Waals surface area (Å²) in [7, 11) is 1.80. The molecule has 0 aliphatic carbocycles. The molecule has 2 atom stereocenters. The summed E-state index contributed by atoms with van der Waals surface area (Å²) in [6.07, 6.45) is 2.54. The van der Waals surface area contributed by atoms with Gasteiger partial charge < -0.3 is 15.4 Å². The zero-order chi connectivity index (χ0) is 13.1. The third kappa shape index (κ3) is 2.61. The molecule has 18 heavy (non-hydrogen) atoms. The summed E-state index contributed by atoms with van der Waals surface area (Å²) in [5, 5.41) is 6.02. The van der Waals surface area contributed by atoms with Crippen molar-refractivity contribution in [1.82, 2.24) is 10.3 Å². The van der Waals surface area contributed by atoms with Gasteiger partial charge >= 0.3 is 0 Å². The molecule has 0 aromatic carbocycles. The number of aryl methyl sites for hydroxylation is 1. The molecule has 2 N–H and O–H groups in total. The average molecular weight is 249 g/mol. The number of carbonyl (C=O) groups excluding carboxylic acids is 1. The standard InChI is InChI=1S/C13H19N3O2/c1-8-6-12(14-3)10(7-15-8)13(17)16-11-4-5-18-9(11)2/h6-7,9,11H,4-5H2,1-3H3,(H,14,15)(H,16,17). The van der Waals surface area contributed by atoms with Gasteiger partial charge in [0.1, 0.15) is 0 Å². The first-order valence-corrected chi connectivity index (χ1v) is 6.18. The Balaban J connectivity index is 2.13. The SMILES string of the molecule is CNc1cc(C)ncc1C(=O)NC1CCOC1C. The van der Waals surface area contributed by atoms with E-state index in [-0.39, 0.29) is 18.1 Å². The van der Waals surface area contributed by atoms with E-state index < -0.39 is 0 Å². The number of pyridine rings is 1. The van der Waals surface area contributed by atoms with Crippen LogP contribution in [0.15, 0.2) is 12.3 Å². The van der Waals surface area contributed by atoms with Crippen LogP contribution in [0.3, 0.4) is 0 Å². The second-order valence-electron chi connectivity index (χ2n) is 4.57. The molecule has 0 bridgehead atoms.